The SMILES string of the molecule is CN=C(NCC1CCCOC1c1ccc(C)cc1)NC1CCN(c2ccccn2)CC1.I. The molecule has 1 aromatic carbocycles. The standard InChI is InChI=1S/C25H35N5O.HI/c1-19-8-10-20(11-9-19)24-21(6-5-17-31-24)18-28-25(26-2)29-22-12-15-30(16-13-22)23-7-3-4-14-27-23;/h3-4,7-11,14,21-22,24H,5-6,12-13,15-18H2,1-2H3,(H2,26,28,29);1H. The molecule has 0 bridgehead atoms. The molecule has 2 fully saturated rings. The molecule has 1 aromatic heterocycles. The molecule has 2 unspecified atom stereocenters. The number of hydrogen-bond acceptors (Lipinski definition) is 4. The second kappa shape index (κ2) is 12.4. The van der Waals surface area contributed by atoms with Crippen molar-refractivity contribution in [1.29, 1.82) is 0 Å². The van der Waals surface area contributed by atoms with Crippen LogP contribution in [0, 0.1) is 12.8 Å². The van der Waals surface area contributed by atoms with Crippen LogP contribution in [0.5, 0.6) is 0 Å². The number of halogens is 1. The lowest BCUT2D eigenvalue weighted by Gasteiger charge is -2.35. The smallest absolute Gasteiger partial charge is 0.191 e. The molecule has 2 aromatic rings. The number of nitrogens with one attached hydrogen (secondary N) is 2. The average molecular weight is 550 g/mol. The summed E-state index contributed by atoms with van der Waals surface area (Å²) in [4.78, 5) is 11.3. The van der Waals surface area contributed by atoms with Crippen molar-refractivity contribution in [2.24, 2.45) is 10.9 Å². The maximum absolute atomic E-state index is 6.17. The second-order valence-corrected chi connectivity index (χ2v) is 8.65. The van der Waals surface area contributed by atoms with Crippen LogP contribution in [-0.4, -0.2) is 50.3 Å². The fourth-order valence-electron chi connectivity index (χ4n) is 4.59. The molecular formula is C25H36IN5O. The Morgan fingerprint density at radius 3 is 2.59 bits per heavy atom. The van der Waals surface area contributed by atoms with Gasteiger partial charge in [0.15, 0.2) is 5.96 Å². The molecule has 0 spiro atoms. The summed E-state index contributed by atoms with van der Waals surface area (Å²) in [5.41, 5.74) is 2.56. The molecule has 6 nitrogen and oxygen atoms in total. The quantitative estimate of drug-likeness (QED) is 0.331. The molecule has 2 aliphatic heterocycles. The number of hydrogen-bond donors (Lipinski definition) is 2. The van der Waals surface area contributed by atoms with Gasteiger partial charge in [-0.3, -0.25) is 4.99 Å². The normalized spacial score (nSPS) is 22.2. The molecule has 3 heterocycles. The van der Waals surface area contributed by atoms with E-state index in [0.29, 0.717) is 12.0 Å². The third-order valence-corrected chi connectivity index (χ3v) is 6.42. The van der Waals surface area contributed by atoms with Gasteiger partial charge < -0.3 is 20.3 Å². The molecular weight excluding hydrogens is 513 g/mol. The van der Waals surface area contributed by atoms with Gasteiger partial charge in [-0.2, -0.15) is 0 Å². The lowest BCUT2D eigenvalue weighted by Crippen LogP contribution is -2.50. The molecule has 2 atom stereocenters. The number of nitrogens with zero attached hydrogens (tertiary/aromatic N) is 3. The summed E-state index contributed by atoms with van der Waals surface area (Å²) in [6.45, 7) is 5.86. The highest BCUT2D eigenvalue weighted by molar-refractivity contribution is 14.0. The topological polar surface area (TPSA) is 61.8 Å². The van der Waals surface area contributed by atoms with Crippen molar-refractivity contribution in [3.05, 3.63) is 59.8 Å². The maximum Gasteiger partial charge on any atom is 0.191 e. The predicted octanol–water partition coefficient (Wildman–Crippen LogP) is 4.31. The van der Waals surface area contributed by atoms with Crippen molar-refractivity contribution in [2.45, 2.75) is 44.8 Å². The third-order valence-electron chi connectivity index (χ3n) is 6.42. The van der Waals surface area contributed by atoms with Crippen molar-refractivity contribution >= 4 is 35.8 Å². The molecule has 7 heteroatoms. The number of guanidine groups is 1. The van der Waals surface area contributed by atoms with Gasteiger partial charge in [0.2, 0.25) is 0 Å². The van der Waals surface area contributed by atoms with Crippen molar-refractivity contribution in [3.8, 4) is 0 Å². The molecule has 174 valence electrons. The largest absolute Gasteiger partial charge is 0.373 e. The van der Waals surface area contributed by atoms with Gasteiger partial charge in [-0.25, -0.2) is 4.98 Å². The predicted molar refractivity (Wildman–Crippen MR) is 142 cm³/mol. The molecule has 0 saturated carbocycles. The minimum atomic E-state index is 0. The molecule has 2 aliphatic rings. The number of rotatable bonds is 5. The van der Waals surface area contributed by atoms with E-state index < -0.39 is 0 Å². The van der Waals surface area contributed by atoms with Crippen LogP contribution in [0.15, 0.2) is 53.7 Å². The first-order valence-electron chi connectivity index (χ1n) is 11.5. The minimum absolute atomic E-state index is 0. The highest BCUT2D eigenvalue weighted by Crippen LogP contribution is 2.33. The fourth-order valence-corrected chi connectivity index (χ4v) is 4.59. The van der Waals surface area contributed by atoms with Crippen molar-refractivity contribution in [3.63, 3.8) is 0 Å². The summed E-state index contributed by atoms with van der Waals surface area (Å²) in [6, 6.07) is 15.3. The molecule has 2 N–H and O–H groups in total. The zero-order valence-corrected chi connectivity index (χ0v) is 21.5. The first kappa shape index (κ1) is 24.8. The van der Waals surface area contributed by atoms with E-state index in [9.17, 15) is 0 Å². The van der Waals surface area contributed by atoms with Crippen molar-refractivity contribution < 1.29 is 4.74 Å². The number of aryl methyl sites for hydroxylation is 1. The maximum atomic E-state index is 6.17. The fraction of sp³-hybridized carbons (Fsp3) is 0.520. The summed E-state index contributed by atoms with van der Waals surface area (Å²) in [6.07, 6.45) is 6.47. The first-order valence-corrected chi connectivity index (χ1v) is 11.5. The van der Waals surface area contributed by atoms with E-state index in [1.807, 2.05) is 19.3 Å². The van der Waals surface area contributed by atoms with Crippen LogP contribution < -0.4 is 15.5 Å². The number of aliphatic imine (C=N–C) groups is 1. The monoisotopic (exact) mass is 549 g/mol. The molecule has 0 amide bonds. The summed E-state index contributed by atoms with van der Waals surface area (Å²) in [5, 5.41) is 7.20. The van der Waals surface area contributed by atoms with E-state index in [0.717, 1.165) is 57.3 Å². The minimum Gasteiger partial charge on any atom is -0.373 e. The molecule has 4 rings (SSSR count). The first-order chi connectivity index (χ1) is 15.2. The van der Waals surface area contributed by atoms with Crippen LogP contribution in [0.3, 0.4) is 0 Å². The lowest BCUT2D eigenvalue weighted by atomic mass is 9.89. The Morgan fingerprint density at radius 2 is 1.91 bits per heavy atom. The number of pyridine rings is 1. The molecule has 0 radical (unpaired) electrons. The number of piperidine rings is 1. The van der Waals surface area contributed by atoms with Crippen LogP contribution in [-0.2, 0) is 4.74 Å². The molecule has 0 aliphatic carbocycles. The van der Waals surface area contributed by atoms with Gasteiger partial charge in [-0.1, -0.05) is 35.9 Å². The Balaban J connectivity index is 0.00000289. The molecule has 2 saturated heterocycles. The summed E-state index contributed by atoms with van der Waals surface area (Å²) in [5.74, 6) is 2.41. The Bertz CT molecular complexity index is 837. The van der Waals surface area contributed by atoms with Crippen LogP contribution in [0.4, 0.5) is 5.82 Å². The van der Waals surface area contributed by atoms with Crippen LogP contribution in [0.25, 0.3) is 0 Å². The van der Waals surface area contributed by atoms with E-state index in [4.69, 9.17) is 4.74 Å². The summed E-state index contributed by atoms with van der Waals surface area (Å²) in [7, 11) is 1.85. The van der Waals surface area contributed by atoms with E-state index in [2.05, 4.69) is 68.8 Å². The lowest BCUT2D eigenvalue weighted by molar-refractivity contribution is -0.0265. The number of anilines is 1. The van der Waals surface area contributed by atoms with E-state index in [1.165, 1.54) is 17.5 Å². The highest BCUT2D eigenvalue weighted by Gasteiger charge is 2.28. The van der Waals surface area contributed by atoms with E-state index in [1.54, 1.807) is 0 Å². The van der Waals surface area contributed by atoms with Crippen molar-refractivity contribution in [1.82, 2.24) is 15.6 Å². The van der Waals surface area contributed by atoms with Gasteiger partial charge in [0.1, 0.15) is 5.82 Å². The van der Waals surface area contributed by atoms with Crippen LogP contribution in [0.2, 0.25) is 0 Å². The van der Waals surface area contributed by atoms with E-state index in [-0.39, 0.29) is 30.1 Å². The average Bonchev–Trinajstić information content (AvgIpc) is 2.83. The summed E-state index contributed by atoms with van der Waals surface area (Å²) >= 11 is 0. The number of benzene rings is 1. The zero-order chi connectivity index (χ0) is 21.5. The van der Waals surface area contributed by atoms with Gasteiger partial charge in [0.05, 0.1) is 6.10 Å². The second-order valence-electron chi connectivity index (χ2n) is 8.65. The van der Waals surface area contributed by atoms with Gasteiger partial charge in [-0.05, 0) is 50.3 Å². The Hall–Kier alpha value is -1.87. The zero-order valence-electron chi connectivity index (χ0n) is 19.2. The number of aromatic nitrogens is 1. The Labute approximate surface area is 209 Å². The van der Waals surface area contributed by atoms with Gasteiger partial charge in [0, 0.05) is 51.4 Å². The third kappa shape index (κ3) is 6.57. The molecule has 32 heavy (non-hydrogen) atoms. The number of ether oxygens (including phenoxy) is 1. The summed E-state index contributed by atoms with van der Waals surface area (Å²) < 4.78 is 6.17. The van der Waals surface area contributed by atoms with Gasteiger partial charge in [0.25, 0.3) is 0 Å². The Kier molecular flexibility index (Phi) is 9.59. The van der Waals surface area contributed by atoms with Gasteiger partial charge in [-0.15, -0.1) is 24.0 Å². The van der Waals surface area contributed by atoms with Gasteiger partial charge >= 0.3 is 0 Å². The Morgan fingerprint density at radius 1 is 1.12 bits per heavy atom. The van der Waals surface area contributed by atoms with E-state index >= 15 is 0 Å². The van der Waals surface area contributed by atoms with Crippen LogP contribution in [0.1, 0.15) is 42.9 Å². The highest BCUT2D eigenvalue weighted by atomic mass is 127. The van der Waals surface area contributed by atoms with Crippen LogP contribution >= 0.6 is 24.0 Å². The van der Waals surface area contributed by atoms with Crippen molar-refractivity contribution in [2.75, 3.05) is 38.2 Å².